The molecule has 4 heterocycles. The van der Waals surface area contributed by atoms with Gasteiger partial charge in [-0.1, -0.05) is 11.2 Å². The molecule has 0 bridgehead atoms. The molecule has 3 aromatic heterocycles. The van der Waals surface area contributed by atoms with Crippen LogP contribution in [0.4, 0.5) is 0 Å². The van der Waals surface area contributed by atoms with E-state index in [1.54, 1.807) is 35.0 Å². The fraction of sp³-hybridized carbons (Fsp3) is 0.308. The van der Waals surface area contributed by atoms with Gasteiger partial charge in [0.2, 0.25) is 0 Å². The van der Waals surface area contributed by atoms with Gasteiger partial charge in [0.05, 0.1) is 23.9 Å². The molecular weight excluding hydrogens is 432 g/mol. The van der Waals surface area contributed by atoms with Crippen LogP contribution in [0.2, 0.25) is 0 Å². The molecule has 5 rings (SSSR count). The van der Waals surface area contributed by atoms with Gasteiger partial charge in [-0.2, -0.15) is 0 Å². The van der Waals surface area contributed by atoms with Crippen molar-refractivity contribution in [1.29, 1.82) is 0 Å². The van der Waals surface area contributed by atoms with Gasteiger partial charge in [-0.3, -0.25) is 14.6 Å². The summed E-state index contributed by atoms with van der Waals surface area (Å²) in [5.74, 6) is 1.07. The molecule has 0 aliphatic carbocycles. The molecule has 4 aromatic rings. The number of rotatable bonds is 6. The minimum atomic E-state index is -0.291. The van der Waals surface area contributed by atoms with E-state index < -0.39 is 0 Å². The fourth-order valence-corrected chi connectivity index (χ4v) is 4.49. The summed E-state index contributed by atoms with van der Waals surface area (Å²) in [6.45, 7) is 5.50. The van der Waals surface area contributed by atoms with Crippen molar-refractivity contribution in [2.45, 2.75) is 33.2 Å². The van der Waals surface area contributed by atoms with Crippen molar-refractivity contribution in [2.24, 2.45) is 0 Å². The number of pyridine rings is 2. The Hall–Kier alpha value is -3.94. The van der Waals surface area contributed by atoms with Crippen LogP contribution in [0.25, 0.3) is 22.0 Å². The van der Waals surface area contributed by atoms with E-state index in [0.717, 1.165) is 34.2 Å². The summed E-state index contributed by atoms with van der Waals surface area (Å²) in [5.41, 5.74) is 4.03. The lowest BCUT2D eigenvalue weighted by Gasteiger charge is -2.31. The standard InChI is InChI=1S/C26H26N4O4/c1-16-24(17(2)34-28-16)20-12-19-13-21(25(31)29-9-5-10-29)26(32)30(22(19)14-23(20)33-3)11-7-18-6-4-8-27-15-18/h4,6,8,12-15H,5,7,9-11H2,1-3H3. The van der Waals surface area contributed by atoms with Gasteiger partial charge < -0.3 is 18.7 Å². The average Bonchev–Trinajstić information content (AvgIpc) is 3.14. The Bertz CT molecular complexity index is 1420. The topological polar surface area (TPSA) is 90.5 Å². The first-order valence-corrected chi connectivity index (χ1v) is 11.3. The van der Waals surface area contributed by atoms with E-state index in [1.807, 2.05) is 38.1 Å². The van der Waals surface area contributed by atoms with Gasteiger partial charge in [-0.05, 0) is 50.5 Å². The van der Waals surface area contributed by atoms with Crippen molar-refractivity contribution < 1.29 is 14.1 Å². The Morgan fingerprint density at radius 2 is 2.03 bits per heavy atom. The van der Waals surface area contributed by atoms with Crippen molar-refractivity contribution in [3.63, 3.8) is 0 Å². The minimum Gasteiger partial charge on any atom is -0.496 e. The smallest absolute Gasteiger partial charge is 0.263 e. The van der Waals surface area contributed by atoms with E-state index in [4.69, 9.17) is 9.26 Å². The first kappa shape index (κ1) is 21.9. The molecule has 1 aromatic carbocycles. The molecule has 0 saturated carbocycles. The van der Waals surface area contributed by atoms with Crippen LogP contribution in [0, 0.1) is 13.8 Å². The molecule has 0 radical (unpaired) electrons. The second kappa shape index (κ2) is 8.78. The fourth-order valence-electron chi connectivity index (χ4n) is 4.49. The number of carbonyl (C=O) groups excluding carboxylic acids is 1. The monoisotopic (exact) mass is 458 g/mol. The highest BCUT2D eigenvalue weighted by Gasteiger charge is 2.26. The summed E-state index contributed by atoms with van der Waals surface area (Å²) in [4.78, 5) is 32.5. The molecule has 1 saturated heterocycles. The summed E-state index contributed by atoms with van der Waals surface area (Å²) < 4.78 is 12.8. The van der Waals surface area contributed by atoms with E-state index in [9.17, 15) is 9.59 Å². The van der Waals surface area contributed by atoms with E-state index in [2.05, 4.69) is 10.1 Å². The summed E-state index contributed by atoms with van der Waals surface area (Å²) in [7, 11) is 1.60. The Morgan fingerprint density at radius 3 is 2.65 bits per heavy atom. The van der Waals surface area contributed by atoms with E-state index in [1.165, 1.54) is 0 Å². The van der Waals surface area contributed by atoms with Crippen LogP contribution in [-0.2, 0) is 13.0 Å². The van der Waals surface area contributed by atoms with Gasteiger partial charge in [0, 0.05) is 49.0 Å². The molecule has 8 nitrogen and oxygen atoms in total. The highest BCUT2D eigenvalue weighted by atomic mass is 16.5. The summed E-state index contributed by atoms with van der Waals surface area (Å²) in [6, 6.07) is 9.37. The third-order valence-corrected chi connectivity index (χ3v) is 6.44. The molecule has 0 N–H and O–H groups in total. The van der Waals surface area contributed by atoms with Crippen LogP contribution in [0.1, 0.15) is 33.8 Å². The summed E-state index contributed by atoms with van der Waals surface area (Å²) >= 11 is 0. The number of fused-ring (bicyclic) bond motifs is 1. The van der Waals surface area contributed by atoms with Gasteiger partial charge in [-0.25, -0.2) is 0 Å². The van der Waals surface area contributed by atoms with Gasteiger partial charge in [0.1, 0.15) is 17.1 Å². The average molecular weight is 459 g/mol. The maximum Gasteiger partial charge on any atom is 0.263 e. The first-order valence-electron chi connectivity index (χ1n) is 11.3. The van der Waals surface area contributed by atoms with Crippen molar-refractivity contribution in [3.8, 4) is 16.9 Å². The molecule has 1 fully saturated rings. The van der Waals surface area contributed by atoms with Gasteiger partial charge >= 0.3 is 0 Å². The predicted octanol–water partition coefficient (Wildman–Crippen LogP) is 3.77. The zero-order chi connectivity index (χ0) is 23.8. The number of amides is 1. The minimum absolute atomic E-state index is 0.188. The molecule has 8 heteroatoms. The lowest BCUT2D eigenvalue weighted by Crippen LogP contribution is -2.44. The summed E-state index contributed by atoms with van der Waals surface area (Å²) in [6.07, 6.45) is 5.08. The van der Waals surface area contributed by atoms with Crippen molar-refractivity contribution in [1.82, 2.24) is 19.6 Å². The second-order valence-corrected chi connectivity index (χ2v) is 8.58. The second-order valence-electron chi connectivity index (χ2n) is 8.58. The van der Waals surface area contributed by atoms with Gasteiger partial charge in [-0.15, -0.1) is 0 Å². The molecule has 0 unspecified atom stereocenters. The number of benzene rings is 1. The number of aromatic nitrogens is 3. The van der Waals surface area contributed by atoms with E-state index >= 15 is 0 Å². The van der Waals surface area contributed by atoms with Crippen molar-refractivity contribution in [3.05, 3.63) is 75.7 Å². The van der Waals surface area contributed by atoms with Crippen LogP contribution in [0.3, 0.4) is 0 Å². The van der Waals surface area contributed by atoms with Crippen LogP contribution in [-0.4, -0.2) is 45.7 Å². The number of carbonyl (C=O) groups is 1. The van der Waals surface area contributed by atoms with Crippen LogP contribution < -0.4 is 10.3 Å². The quantitative estimate of drug-likeness (QED) is 0.437. The zero-order valence-corrected chi connectivity index (χ0v) is 19.5. The third-order valence-electron chi connectivity index (χ3n) is 6.44. The molecule has 1 aliphatic rings. The number of hydrogen-bond donors (Lipinski definition) is 0. The lowest BCUT2D eigenvalue weighted by molar-refractivity contribution is 0.0649. The van der Waals surface area contributed by atoms with Gasteiger partial charge in [0.15, 0.2) is 0 Å². The van der Waals surface area contributed by atoms with Crippen molar-refractivity contribution in [2.75, 3.05) is 20.2 Å². The van der Waals surface area contributed by atoms with E-state index in [0.29, 0.717) is 43.1 Å². The number of hydrogen-bond acceptors (Lipinski definition) is 6. The van der Waals surface area contributed by atoms with Crippen LogP contribution in [0.5, 0.6) is 5.75 Å². The lowest BCUT2D eigenvalue weighted by atomic mass is 9.99. The Kier molecular flexibility index (Phi) is 5.65. The van der Waals surface area contributed by atoms with Crippen molar-refractivity contribution >= 4 is 16.8 Å². The summed E-state index contributed by atoms with van der Waals surface area (Å²) in [5, 5.41) is 4.86. The SMILES string of the molecule is COc1cc2c(cc1-c1c(C)noc1C)cc(C(=O)N1CCC1)c(=O)n2CCc1cccnc1. The van der Waals surface area contributed by atoms with Crippen LogP contribution >= 0.6 is 0 Å². The number of ether oxygens (including phenoxy) is 1. The molecule has 174 valence electrons. The molecular formula is C26H26N4O4. The molecule has 1 aliphatic heterocycles. The zero-order valence-electron chi connectivity index (χ0n) is 19.5. The number of aryl methyl sites for hydroxylation is 4. The Morgan fingerprint density at radius 1 is 1.21 bits per heavy atom. The number of methoxy groups -OCH3 is 1. The largest absolute Gasteiger partial charge is 0.496 e. The van der Waals surface area contributed by atoms with Gasteiger partial charge in [0.25, 0.3) is 11.5 Å². The molecule has 34 heavy (non-hydrogen) atoms. The normalized spacial score (nSPS) is 13.2. The molecule has 1 amide bonds. The maximum absolute atomic E-state index is 13.5. The number of likely N-dealkylation sites (tertiary alicyclic amines) is 1. The predicted molar refractivity (Wildman–Crippen MR) is 128 cm³/mol. The Balaban J connectivity index is 1.71. The molecule has 0 atom stereocenters. The molecule has 0 spiro atoms. The Labute approximate surface area is 196 Å². The highest BCUT2D eigenvalue weighted by molar-refractivity contribution is 5.99. The number of nitrogens with zero attached hydrogens (tertiary/aromatic N) is 4. The van der Waals surface area contributed by atoms with E-state index in [-0.39, 0.29) is 17.0 Å². The maximum atomic E-state index is 13.5. The van der Waals surface area contributed by atoms with Crippen LogP contribution in [0.15, 0.2) is 52.0 Å². The highest BCUT2D eigenvalue weighted by Crippen LogP contribution is 2.37. The third kappa shape index (κ3) is 3.75. The first-order chi connectivity index (χ1) is 16.5.